The molecule has 0 spiro atoms. The van der Waals surface area contributed by atoms with E-state index in [9.17, 15) is 23.3 Å². The van der Waals surface area contributed by atoms with Crippen molar-refractivity contribution in [2.75, 3.05) is 6.26 Å². The van der Waals surface area contributed by atoms with Crippen molar-refractivity contribution in [1.82, 2.24) is 0 Å². The van der Waals surface area contributed by atoms with Gasteiger partial charge in [0.15, 0.2) is 5.78 Å². The van der Waals surface area contributed by atoms with E-state index < -0.39 is 20.7 Å². The van der Waals surface area contributed by atoms with Crippen LogP contribution in [0.5, 0.6) is 5.75 Å². The minimum absolute atomic E-state index is 0.0344. The molecule has 2 bridgehead atoms. The molecular formula is C16H19NO6S. The Hall–Kier alpha value is -1.96. The highest BCUT2D eigenvalue weighted by Gasteiger charge is 2.38. The Morgan fingerprint density at radius 3 is 2.38 bits per heavy atom. The summed E-state index contributed by atoms with van der Waals surface area (Å²) in [6.07, 6.45) is 5.86. The first-order chi connectivity index (χ1) is 11.2. The van der Waals surface area contributed by atoms with E-state index in [0.29, 0.717) is 11.8 Å². The van der Waals surface area contributed by atoms with Crippen LogP contribution >= 0.6 is 0 Å². The van der Waals surface area contributed by atoms with E-state index in [2.05, 4.69) is 4.18 Å². The van der Waals surface area contributed by atoms with Crippen LogP contribution in [0.1, 0.15) is 42.5 Å². The van der Waals surface area contributed by atoms with E-state index in [0.717, 1.165) is 44.4 Å². The molecule has 0 N–H and O–H groups in total. The molecule has 2 aliphatic rings. The van der Waals surface area contributed by atoms with Crippen LogP contribution in [0.3, 0.4) is 0 Å². The second kappa shape index (κ2) is 6.16. The molecule has 2 aliphatic carbocycles. The van der Waals surface area contributed by atoms with Crippen molar-refractivity contribution in [3.63, 3.8) is 0 Å². The summed E-state index contributed by atoms with van der Waals surface area (Å²) in [5.74, 6) is 0.527. The van der Waals surface area contributed by atoms with Crippen LogP contribution in [0.15, 0.2) is 18.2 Å². The molecule has 0 amide bonds. The molecule has 2 fully saturated rings. The molecule has 0 radical (unpaired) electrons. The average Bonchev–Trinajstić information content (AvgIpc) is 2.83. The molecule has 8 heteroatoms. The van der Waals surface area contributed by atoms with Crippen molar-refractivity contribution in [3.05, 3.63) is 33.9 Å². The summed E-state index contributed by atoms with van der Waals surface area (Å²) in [7, 11) is -3.79. The maximum absolute atomic E-state index is 12.8. The van der Waals surface area contributed by atoms with Crippen LogP contribution in [-0.2, 0) is 10.1 Å². The number of ketones is 1. The smallest absolute Gasteiger partial charge is 0.306 e. The van der Waals surface area contributed by atoms with Crippen LogP contribution in [-0.4, -0.2) is 25.4 Å². The second-order valence-electron chi connectivity index (χ2n) is 6.80. The Morgan fingerprint density at radius 1 is 1.21 bits per heavy atom. The van der Waals surface area contributed by atoms with Crippen LogP contribution in [0.25, 0.3) is 0 Å². The molecular weight excluding hydrogens is 334 g/mol. The zero-order valence-electron chi connectivity index (χ0n) is 13.3. The number of fused-ring (bicyclic) bond motifs is 2. The monoisotopic (exact) mass is 353 g/mol. The lowest BCUT2D eigenvalue weighted by atomic mass is 9.77. The summed E-state index contributed by atoms with van der Waals surface area (Å²) >= 11 is 0. The summed E-state index contributed by atoms with van der Waals surface area (Å²) in [4.78, 5) is 23.4. The van der Waals surface area contributed by atoms with Gasteiger partial charge in [-0.3, -0.25) is 14.9 Å². The van der Waals surface area contributed by atoms with Gasteiger partial charge < -0.3 is 4.18 Å². The van der Waals surface area contributed by atoms with Crippen molar-refractivity contribution >= 4 is 21.6 Å². The molecule has 1 aromatic carbocycles. The van der Waals surface area contributed by atoms with Crippen molar-refractivity contribution in [2.45, 2.75) is 32.1 Å². The number of nitrogens with zero attached hydrogens (tertiary/aromatic N) is 1. The van der Waals surface area contributed by atoms with Gasteiger partial charge in [-0.15, -0.1) is 0 Å². The first kappa shape index (κ1) is 16.9. The van der Waals surface area contributed by atoms with Gasteiger partial charge in [-0.1, -0.05) is 12.8 Å². The van der Waals surface area contributed by atoms with E-state index in [1.165, 1.54) is 12.1 Å². The first-order valence-electron chi connectivity index (χ1n) is 7.95. The third-order valence-electron chi connectivity index (χ3n) is 4.94. The van der Waals surface area contributed by atoms with Gasteiger partial charge >= 0.3 is 10.1 Å². The molecule has 0 aromatic heterocycles. The minimum Gasteiger partial charge on any atom is -0.382 e. The number of rotatable bonds is 5. The van der Waals surface area contributed by atoms with Gasteiger partial charge in [0.1, 0.15) is 5.75 Å². The summed E-state index contributed by atoms with van der Waals surface area (Å²) in [6.45, 7) is 0. The molecule has 130 valence electrons. The molecule has 0 saturated heterocycles. The lowest BCUT2D eigenvalue weighted by Crippen LogP contribution is -2.24. The SMILES string of the molecule is CS(=O)(=O)Oc1ccc(C(=O)C2CC3CCC(C3)C2)c([N+](=O)[O-])c1. The predicted octanol–water partition coefficient (Wildman–Crippen LogP) is 2.94. The third-order valence-corrected chi connectivity index (χ3v) is 5.43. The highest BCUT2D eigenvalue weighted by atomic mass is 32.2. The number of carbonyl (C=O) groups excluding carboxylic acids is 1. The molecule has 24 heavy (non-hydrogen) atoms. The fraction of sp³-hybridized carbons (Fsp3) is 0.562. The Balaban J connectivity index is 1.89. The zero-order valence-corrected chi connectivity index (χ0v) is 14.1. The van der Waals surface area contributed by atoms with Crippen molar-refractivity contribution in [1.29, 1.82) is 0 Å². The molecule has 0 aliphatic heterocycles. The van der Waals surface area contributed by atoms with E-state index in [4.69, 9.17) is 0 Å². The van der Waals surface area contributed by atoms with Gasteiger partial charge in [0.05, 0.1) is 22.8 Å². The van der Waals surface area contributed by atoms with Crippen molar-refractivity contribution in [3.8, 4) is 5.75 Å². The van der Waals surface area contributed by atoms with E-state index >= 15 is 0 Å². The van der Waals surface area contributed by atoms with Gasteiger partial charge in [-0.2, -0.15) is 8.42 Å². The number of hydrogen-bond donors (Lipinski definition) is 0. The standard InChI is InChI=1S/C16H19NO6S/c1-24(21,22)23-13-4-5-14(15(9-13)17(19)20)16(18)12-7-10-2-3-11(6-10)8-12/h4-5,9-12H,2-3,6-8H2,1H3. The molecule has 3 rings (SSSR count). The molecule has 1 aromatic rings. The molecule has 7 nitrogen and oxygen atoms in total. The minimum atomic E-state index is -3.79. The first-order valence-corrected chi connectivity index (χ1v) is 9.76. The van der Waals surface area contributed by atoms with Gasteiger partial charge in [-0.25, -0.2) is 0 Å². The highest BCUT2D eigenvalue weighted by molar-refractivity contribution is 7.86. The average molecular weight is 353 g/mol. The topological polar surface area (TPSA) is 104 Å². The van der Waals surface area contributed by atoms with Gasteiger partial charge in [0, 0.05) is 5.92 Å². The molecule has 2 saturated carbocycles. The third kappa shape index (κ3) is 3.58. The lowest BCUT2D eigenvalue weighted by Gasteiger charge is -2.26. The van der Waals surface area contributed by atoms with Crippen molar-refractivity contribution < 1.29 is 22.3 Å². The van der Waals surface area contributed by atoms with E-state index in [1.807, 2.05) is 0 Å². The number of nitro groups is 1. The number of carbonyl (C=O) groups is 1. The van der Waals surface area contributed by atoms with E-state index in [-0.39, 0.29) is 23.0 Å². The summed E-state index contributed by atoms with van der Waals surface area (Å²) < 4.78 is 27.0. The van der Waals surface area contributed by atoms with Gasteiger partial charge in [0.2, 0.25) is 0 Å². The quantitative estimate of drug-likeness (QED) is 0.349. The second-order valence-corrected chi connectivity index (χ2v) is 8.38. The van der Waals surface area contributed by atoms with Crippen LogP contribution in [0.4, 0.5) is 5.69 Å². The Morgan fingerprint density at radius 2 is 1.83 bits per heavy atom. The Labute approximate surface area is 140 Å². The maximum atomic E-state index is 12.8. The van der Waals surface area contributed by atoms with Crippen LogP contribution < -0.4 is 4.18 Å². The van der Waals surface area contributed by atoms with Crippen LogP contribution in [0.2, 0.25) is 0 Å². The molecule has 2 atom stereocenters. The fourth-order valence-corrected chi connectivity index (χ4v) is 4.49. The maximum Gasteiger partial charge on any atom is 0.306 e. The summed E-state index contributed by atoms with van der Waals surface area (Å²) in [5, 5.41) is 11.3. The van der Waals surface area contributed by atoms with Gasteiger partial charge in [0.25, 0.3) is 5.69 Å². The summed E-state index contributed by atoms with van der Waals surface area (Å²) in [6, 6.07) is 3.60. The zero-order chi connectivity index (χ0) is 17.5. The predicted molar refractivity (Wildman–Crippen MR) is 86.5 cm³/mol. The summed E-state index contributed by atoms with van der Waals surface area (Å²) in [5.41, 5.74) is -0.369. The largest absolute Gasteiger partial charge is 0.382 e. The fourth-order valence-electron chi connectivity index (χ4n) is 4.04. The van der Waals surface area contributed by atoms with E-state index in [1.54, 1.807) is 0 Å². The number of hydrogen-bond acceptors (Lipinski definition) is 6. The normalized spacial score (nSPS) is 26.1. The van der Waals surface area contributed by atoms with Crippen molar-refractivity contribution in [2.24, 2.45) is 17.8 Å². The molecule has 0 heterocycles. The number of benzene rings is 1. The van der Waals surface area contributed by atoms with Gasteiger partial charge in [-0.05, 0) is 43.2 Å². The molecule has 2 unspecified atom stereocenters. The number of Topliss-reactive ketones (excluding diaryl/α,β-unsaturated/α-hetero) is 1. The lowest BCUT2D eigenvalue weighted by molar-refractivity contribution is -0.385. The number of nitro benzene ring substituents is 1. The highest BCUT2D eigenvalue weighted by Crippen LogP contribution is 2.46. The Bertz CT molecular complexity index is 776. The Kier molecular flexibility index (Phi) is 4.33. The van der Waals surface area contributed by atoms with Crippen LogP contribution in [0, 0.1) is 27.9 Å².